The zero-order valence-corrected chi connectivity index (χ0v) is 17.0. The van der Waals surface area contributed by atoms with Crippen LogP contribution < -0.4 is 15.7 Å². The molecule has 0 unspecified atom stereocenters. The molecule has 0 aliphatic heterocycles. The Morgan fingerprint density at radius 2 is 1.81 bits per heavy atom. The summed E-state index contributed by atoms with van der Waals surface area (Å²) in [6, 6.07) is 8.67. The fourth-order valence-corrected chi connectivity index (χ4v) is 3.23. The largest absolute Gasteiger partial charge is 0.497 e. The maximum atomic E-state index is 13.3. The molecule has 3 rings (SSSR count). The number of fused-ring (bicyclic) bond motifs is 1. The van der Waals surface area contributed by atoms with Crippen molar-refractivity contribution < 1.29 is 36.7 Å². The van der Waals surface area contributed by atoms with Crippen molar-refractivity contribution in [3.63, 3.8) is 0 Å². The standard InChI is InChI=1S/C22H18F3NO6/c1-30-13-7-8-14-12(10-19(27)32-18(14)11-13)9-17(21(29)31-2)26-20(28)15-5-3-4-6-16(15)22(23,24)25/h3-8,10-11,17H,9H2,1-2H3,(H,26,28)/t17-/m1/s1. The lowest BCUT2D eigenvalue weighted by Crippen LogP contribution is -2.43. The number of methoxy groups -OCH3 is 2. The number of ether oxygens (including phenoxy) is 2. The van der Waals surface area contributed by atoms with Crippen LogP contribution in [-0.2, 0) is 22.1 Å². The summed E-state index contributed by atoms with van der Waals surface area (Å²) >= 11 is 0. The van der Waals surface area contributed by atoms with Gasteiger partial charge in [-0.3, -0.25) is 4.79 Å². The molecule has 0 saturated carbocycles. The van der Waals surface area contributed by atoms with Gasteiger partial charge in [0, 0.05) is 23.9 Å². The summed E-state index contributed by atoms with van der Waals surface area (Å²) in [4.78, 5) is 36.9. The van der Waals surface area contributed by atoms with E-state index in [2.05, 4.69) is 5.32 Å². The lowest BCUT2D eigenvalue weighted by atomic mass is 10.0. The molecule has 1 N–H and O–H groups in total. The smallest absolute Gasteiger partial charge is 0.417 e. The van der Waals surface area contributed by atoms with E-state index in [4.69, 9.17) is 13.9 Å². The van der Waals surface area contributed by atoms with Gasteiger partial charge in [-0.25, -0.2) is 9.59 Å². The second kappa shape index (κ2) is 9.13. The van der Waals surface area contributed by atoms with Crippen LogP contribution in [0.4, 0.5) is 13.2 Å². The highest BCUT2D eigenvalue weighted by molar-refractivity contribution is 5.98. The Kier molecular flexibility index (Phi) is 6.52. The molecule has 0 fully saturated rings. The molecule has 7 nitrogen and oxygen atoms in total. The number of hydrogen-bond acceptors (Lipinski definition) is 6. The number of carbonyl (C=O) groups excluding carboxylic acids is 2. The zero-order chi connectivity index (χ0) is 23.5. The first-order chi connectivity index (χ1) is 15.1. The molecule has 0 radical (unpaired) electrons. The van der Waals surface area contributed by atoms with Gasteiger partial charge in [-0.05, 0) is 29.8 Å². The summed E-state index contributed by atoms with van der Waals surface area (Å²) in [6.07, 6.45) is -4.98. The number of carbonyl (C=O) groups is 2. The van der Waals surface area contributed by atoms with Crippen molar-refractivity contribution >= 4 is 22.8 Å². The van der Waals surface area contributed by atoms with Crippen molar-refractivity contribution in [2.24, 2.45) is 0 Å². The van der Waals surface area contributed by atoms with E-state index in [9.17, 15) is 27.6 Å². The number of hydrogen-bond donors (Lipinski definition) is 1. The van der Waals surface area contributed by atoms with Gasteiger partial charge in [-0.2, -0.15) is 13.2 Å². The average molecular weight is 449 g/mol. The fourth-order valence-electron chi connectivity index (χ4n) is 3.23. The van der Waals surface area contributed by atoms with Crippen LogP contribution in [0.3, 0.4) is 0 Å². The third-order valence-corrected chi connectivity index (χ3v) is 4.73. The van der Waals surface area contributed by atoms with Crippen LogP contribution in [0.5, 0.6) is 5.75 Å². The quantitative estimate of drug-likeness (QED) is 0.458. The molecule has 0 bridgehead atoms. The predicted octanol–water partition coefficient (Wildman–Crippen LogP) is 3.33. The Bertz CT molecular complexity index is 1220. The van der Waals surface area contributed by atoms with Gasteiger partial charge in [0.05, 0.1) is 25.3 Å². The molecule has 168 valence electrons. The SMILES string of the molecule is COC(=O)[C@@H](Cc1cc(=O)oc2cc(OC)ccc12)NC(=O)c1ccccc1C(F)(F)F. The molecular formula is C22H18F3NO6. The van der Waals surface area contributed by atoms with Crippen LogP contribution in [-0.4, -0.2) is 32.1 Å². The first kappa shape index (κ1) is 22.9. The number of rotatable bonds is 6. The minimum Gasteiger partial charge on any atom is -0.497 e. The molecule has 1 amide bonds. The molecule has 1 aromatic heterocycles. The number of esters is 1. The van der Waals surface area contributed by atoms with Crippen molar-refractivity contribution in [1.29, 1.82) is 0 Å². The first-order valence-corrected chi connectivity index (χ1v) is 9.29. The number of amides is 1. The second-order valence-electron chi connectivity index (χ2n) is 6.75. The average Bonchev–Trinajstić information content (AvgIpc) is 2.76. The summed E-state index contributed by atoms with van der Waals surface area (Å²) in [7, 11) is 2.51. The Labute approximate surface area is 179 Å². The number of alkyl halides is 3. The van der Waals surface area contributed by atoms with Crippen LogP contribution in [0.25, 0.3) is 11.0 Å². The number of halogens is 3. The normalized spacial score (nSPS) is 12.3. The molecule has 3 aromatic rings. The zero-order valence-electron chi connectivity index (χ0n) is 17.0. The van der Waals surface area contributed by atoms with Crippen molar-refractivity contribution in [2.45, 2.75) is 18.6 Å². The lowest BCUT2D eigenvalue weighted by Gasteiger charge is -2.19. The van der Waals surface area contributed by atoms with Gasteiger partial charge in [0.25, 0.3) is 5.91 Å². The van der Waals surface area contributed by atoms with Gasteiger partial charge in [0.1, 0.15) is 17.4 Å². The van der Waals surface area contributed by atoms with Crippen LogP contribution in [0.2, 0.25) is 0 Å². The van der Waals surface area contributed by atoms with E-state index < -0.39 is 40.8 Å². The topological polar surface area (TPSA) is 94.8 Å². The highest BCUT2D eigenvalue weighted by atomic mass is 19.4. The monoisotopic (exact) mass is 449 g/mol. The Morgan fingerprint density at radius 1 is 1.09 bits per heavy atom. The molecular weight excluding hydrogens is 431 g/mol. The van der Waals surface area contributed by atoms with Gasteiger partial charge in [0.2, 0.25) is 0 Å². The van der Waals surface area contributed by atoms with E-state index in [0.717, 1.165) is 31.4 Å². The van der Waals surface area contributed by atoms with Crippen LogP contribution in [0, 0.1) is 0 Å². The predicted molar refractivity (Wildman–Crippen MR) is 107 cm³/mol. The van der Waals surface area contributed by atoms with Crippen molar-refractivity contribution in [3.8, 4) is 5.75 Å². The number of nitrogens with one attached hydrogen (secondary N) is 1. The molecule has 0 saturated heterocycles. The van der Waals surface area contributed by atoms with Crippen LogP contribution in [0.1, 0.15) is 21.5 Å². The van der Waals surface area contributed by atoms with Crippen molar-refractivity contribution in [2.75, 3.05) is 14.2 Å². The van der Waals surface area contributed by atoms with E-state index in [1.807, 2.05) is 0 Å². The maximum Gasteiger partial charge on any atom is 0.417 e. The highest BCUT2D eigenvalue weighted by Gasteiger charge is 2.35. The third kappa shape index (κ3) is 4.90. The van der Waals surface area contributed by atoms with Crippen LogP contribution >= 0.6 is 0 Å². The highest BCUT2D eigenvalue weighted by Crippen LogP contribution is 2.32. The van der Waals surface area contributed by atoms with Gasteiger partial charge < -0.3 is 19.2 Å². The molecule has 0 spiro atoms. The lowest BCUT2D eigenvalue weighted by molar-refractivity contribution is -0.142. The minimum atomic E-state index is -4.76. The summed E-state index contributed by atoms with van der Waals surface area (Å²) < 4.78 is 54.8. The van der Waals surface area contributed by atoms with E-state index >= 15 is 0 Å². The molecule has 32 heavy (non-hydrogen) atoms. The molecule has 10 heteroatoms. The number of benzene rings is 2. The van der Waals surface area contributed by atoms with Crippen molar-refractivity contribution in [3.05, 3.63) is 75.6 Å². The van der Waals surface area contributed by atoms with Gasteiger partial charge in [-0.1, -0.05) is 12.1 Å². The second-order valence-corrected chi connectivity index (χ2v) is 6.75. The summed E-state index contributed by atoms with van der Waals surface area (Å²) in [5.41, 5.74) is -1.98. The molecule has 1 heterocycles. The van der Waals surface area contributed by atoms with Gasteiger partial charge >= 0.3 is 17.8 Å². The van der Waals surface area contributed by atoms with E-state index in [1.54, 1.807) is 12.1 Å². The molecule has 0 aliphatic rings. The molecule has 2 aromatic carbocycles. The van der Waals surface area contributed by atoms with Gasteiger partial charge in [-0.15, -0.1) is 0 Å². The summed E-state index contributed by atoms with van der Waals surface area (Å²) in [6.45, 7) is 0. The minimum absolute atomic E-state index is 0.184. The summed E-state index contributed by atoms with van der Waals surface area (Å²) in [5.74, 6) is -1.57. The maximum absolute atomic E-state index is 13.3. The van der Waals surface area contributed by atoms with E-state index in [-0.39, 0.29) is 12.0 Å². The van der Waals surface area contributed by atoms with Gasteiger partial charge in [0.15, 0.2) is 0 Å². The van der Waals surface area contributed by atoms with E-state index in [1.165, 1.54) is 19.2 Å². The Hall–Kier alpha value is -3.82. The first-order valence-electron chi connectivity index (χ1n) is 9.29. The summed E-state index contributed by atoms with van der Waals surface area (Å²) in [5, 5.41) is 2.74. The fraction of sp³-hybridized carbons (Fsp3) is 0.227. The van der Waals surface area contributed by atoms with E-state index in [0.29, 0.717) is 16.7 Å². The third-order valence-electron chi connectivity index (χ3n) is 4.73. The Balaban J connectivity index is 1.97. The molecule has 0 aliphatic carbocycles. The molecule has 1 atom stereocenters. The van der Waals surface area contributed by atoms with Crippen LogP contribution in [0.15, 0.2) is 57.7 Å². The van der Waals surface area contributed by atoms with Crippen molar-refractivity contribution in [1.82, 2.24) is 5.32 Å². The Morgan fingerprint density at radius 3 is 2.47 bits per heavy atom.